The molecule has 0 N–H and O–H groups in total. The molecule has 0 fully saturated rings. The van der Waals surface area contributed by atoms with Gasteiger partial charge in [0.05, 0.1) is 17.1 Å². The Morgan fingerprint density at radius 2 is 0.769 bits per heavy atom. The van der Waals surface area contributed by atoms with Crippen molar-refractivity contribution in [3.05, 3.63) is 50.9 Å². The van der Waals surface area contributed by atoms with E-state index < -0.39 is 7.34 Å². The minimum atomic E-state index is -2.49. The molecule has 140 valence electrons. The molecule has 7 heteroatoms. The molecule has 0 aromatic carbocycles. The lowest BCUT2D eigenvalue weighted by atomic mass is 10.2. The lowest BCUT2D eigenvalue weighted by molar-refractivity contribution is 0.784. The molecule has 6 nitrogen and oxygen atoms in total. The molecule has 0 spiro atoms. The predicted molar refractivity (Wildman–Crippen MR) is 110 cm³/mol. The molecule has 0 saturated carbocycles. The Morgan fingerprint density at radius 3 is 0.923 bits per heavy atom. The Bertz CT molecular complexity index is 929. The molecule has 0 amide bonds. The van der Waals surface area contributed by atoms with E-state index in [0.717, 1.165) is 34.2 Å². The number of aromatic nitrogens is 6. The van der Waals surface area contributed by atoms with Crippen molar-refractivity contribution in [2.75, 3.05) is 0 Å². The van der Waals surface area contributed by atoms with Crippen LogP contribution in [0, 0.1) is 62.3 Å². The highest BCUT2D eigenvalue weighted by molar-refractivity contribution is 7.69. The standard InChI is InChI=1S/C19H29N6P/c1-11-14(4)20-23(17(11)7)26(10,24-18(8)12(2)15(5)21-24)25-19(9)13(3)16(6)22-25/h10H2,1-9H3. The van der Waals surface area contributed by atoms with E-state index in [0.29, 0.717) is 0 Å². The molecule has 26 heavy (non-hydrogen) atoms. The highest BCUT2D eigenvalue weighted by Crippen LogP contribution is 2.52. The summed E-state index contributed by atoms with van der Waals surface area (Å²) in [6.07, 6.45) is 4.74. The minimum absolute atomic E-state index is 1.02. The van der Waals surface area contributed by atoms with E-state index >= 15 is 0 Å². The van der Waals surface area contributed by atoms with Crippen molar-refractivity contribution in [2.45, 2.75) is 62.3 Å². The normalized spacial score (nSPS) is 12.2. The number of hydrogen-bond acceptors (Lipinski definition) is 3. The van der Waals surface area contributed by atoms with Crippen molar-refractivity contribution in [1.29, 1.82) is 0 Å². The van der Waals surface area contributed by atoms with Crippen molar-refractivity contribution < 1.29 is 0 Å². The second-order valence-corrected chi connectivity index (χ2v) is 9.77. The molecule has 3 aromatic heterocycles. The van der Waals surface area contributed by atoms with Gasteiger partial charge in [0.2, 0.25) is 7.34 Å². The molecule has 0 aliphatic heterocycles. The van der Waals surface area contributed by atoms with Crippen LogP contribution in [-0.2, 0) is 0 Å². The van der Waals surface area contributed by atoms with Gasteiger partial charge in [-0.25, -0.2) is 13.4 Å². The fraction of sp³-hybridized carbons (Fsp3) is 0.474. The van der Waals surface area contributed by atoms with Gasteiger partial charge < -0.3 is 0 Å². The number of rotatable bonds is 3. The third-order valence-corrected chi connectivity index (χ3v) is 8.79. The van der Waals surface area contributed by atoms with Gasteiger partial charge in [0.15, 0.2) is 0 Å². The van der Waals surface area contributed by atoms with Crippen molar-refractivity contribution in [3.8, 4) is 0 Å². The van der Waals surface area contributed by atoms with Gasteiger partial charge in [0, 0.05) is 17.1 Å². The molecule has 3 rings (SSSR count). The van der Waals surface area contributed by atoms with E-state index in [9.17, 15) is 0 Å². The Hall–Kier alpha value is -2.07. The summed E-state index contributed by atoms with van der Waals surface area (Å²) in [6, 6.07) is 0. The maximum atomic E-state index is 4.88. The summed E-state index contributed by atoms with van der Waals surface area (Å²) < 4.78 is 6.19. The Balaban J connectivity index is 2.47. The maximum Gasteiger partial charge on any atom is 0.206 e. The monoisotopic (exact) mass is 372 g/mol. The van der Waals surface area contributed by atoms with E-state index in [4.69, 9.17) is 21.6 Å². The highest BCUT2D eigenvalue weighted by atomic mass is 31.2. The Labute approximate surface area is 156 Å². The number of nitrogens with zero attached hydrogens (tertiary/aromatic N) is 6. The van der Waals surface area contributed by atoms with Crippen molar-refractivity contribution in [3.63, 3.8) is 0 Å². The quantitative estimate of drug-likeness (QED) is 0.648. The maximum absolute atomic E-state index is 4.88. The van der Waals surface area contributed by atoms with Gasteiger partial charge in [-0.15, -0.1) is 0 Å². The molecular weight excluding hydrogens is 343 g/mol. The van der Waals surface area contributed by atoms with Crippen LogP contribution in [0.25, 0.3) is 0 Å². The van der Waals surface area contributed by atoms with Crippen LogP contribution in [0.3, 0.4) is 0 Å². The topological polar surface area (TPSA) is 53.5 Å². The molecule has 0 aliphatic rings. The summed E-state index contributed by atoms with van der Waals surface area (Å²) in [5, 5.41) is 14.6. The van der Waals surface area contributed by atoms with Crippen LogP contribution in [0.2, 0.25) is 0 Å². The zero-order chi connectivity index (χ0) is 19.5. The fourth-order valence-electron chi connectivity index (χ4n) is 3.29. The summed E-state index contributed by atoms with van der Waals surface area (Å²) in [7, 11) is -2.49. The summed E-state index contributed by atoms with van der Waals surface area (Å²) in [4.78, 5) is 0. The molecule has 0 atom stereocenters. The van der Waals surface area contributed by atoms with Crippen LogP contribution >= 0.6 is 7.34 Å². The molecule has 0 bridgehead atoms. The van der Waals surface area contributed by atoms with Crippen LogP contribution in [-0.4, -0.2) is 35.0 Å². The zero-order valence-corrected chi connectivity index (χ0v) is 18.2. The third kappa shape index (κ3) is 2.35. The first-order valence-electron chi connectivity index (χ1n) is 8.86. The number of hydrogen-bond donors (Lipinski definition) is 0. The van der Waals surface area contributed by atoms with Gasteiger partial charge >= 0.3 is 0 Å². The largest absolute Gasteiger partial charge is 0.211 e. The summed E-state index contributed by atoms with van der Waals surface area (Å²) in [5.41, 5.74) is 9.97. The van der Waals surface area contributed by atoms with Gasteiger partial charge in [0.25, 0.3) is 0 Å². The van der Waals surface area contributed by atoms with Gasteiger partial charge in [-0.2, -0.15) is 15.3 Å². The zero-order valence-electron chi connectivity index (χ0n) is 17.3. The average molecular weight is 372 g/mol. The van der Waals surface area contributed by atoms with Crippen LogP contribution in [0.1, 0.15) is 50.9 Å². The average Bonchev–Trinajstić information content (AvgIpc) is 3.13. The first-order valence-corrected chi connectivity index (χ1v) is 10.7. The molecule has 0 saturated heterocycles. The van der Waals surface area contributed by atoms with E-state index in [2.05, 4.69) is 54.9 Å². The molecule has 0 radical (unpaired) electrons. The fourth-order valence-corrected chi connectivity index (χ4v) is 6.49. The van der Waals surface area contributed by atoms with Crippen molar-refractivity contribution in [1.82, 2.24) is 28.7 Å². The van der Waals surface area contributed by atoms with E-state index in [1.165, 1.54) is 16.7 Å². The van der Waals surface area contributed by atoms with Gasteiger partial charge in [-0.1, -0.05) is 0 Å². The first-order chi connectivity index (χ1) is 12.0. The third-order valence-electron chi connectivity index (χ3n) is 5.80. The summed E-state index contributed by atoms with van der Waals surface area (Å²) in [5.74, 6) is 0. The molecular formula is C19H29N6P. The predicted octanol–water partition coefficient (Wildman–Crippen LogP) is 4.19. The second kappa shape index (κ2) is 5.98. The second-order valence-electron chi connectivity index (χ2n) is 7.25. The molecule has 3 aromatic rings. The molecule has 0 unspecified atom stereocenters. The van der Waals surface area contributed by atoms with Gasteiger partial charge in [-0.05, 0) is 85.3 Å². The Morgan fingerprint density at radius 1 is 0.538 bits per heavy atom. The molecule has 0 aliphatic carbocycles. The highest BCUT2D eigenvalue weighted by Gasteiger charge is 2.32. The van der Waals surface area contributed by atoms with E-state index in [-0.39, 0.29) is 0 Å². The van der Waals surface area contributed by atoms with Gasteiger partial charge in [0.1, 0.15) is 0 Å². The van der Waals surface area contributed by atoms with Gasteiger partial charge in [-0.3, -0.25) is 0 Å². The van der Waals surface area contributed by atoms with Crippen molar-refractivity contribution >= 4 is 13.6 Å². The Kier molecular flexibility index (Phi) is 4.31. The molecule has 3 heterocycles. The van der Waals surface area contributed by atoms with E-state index in [1.807, 2.05) is 20.8 Å². The lowest BCUT2D eigenvalue weighted by Crippen LogP contribution is -2.20. The van der Waals surface area contributed by atoms with Crippen LogP contribution in [0.4, 0.5) is 0 Å². The summed E-state index contributed by atoms with van der Waals surface area (Å²) >= 11 is 0. The summed E-state index contributed by atoms with van der Waals surface area (Å²) in [6.45, 7) is 18.8. The first kappa shape index (κ1) is 18.7. The minimum Gasteiger partial charge on any atom is -0.211 e. The van der Waals surface area contributed by atoms with E-state index in [1.54, 1.807) is 0 Å². The van der Waals surface area contributed by atoms with Crippen molar-refractivity contribution in [2.24, 2.45) is 0 Å². The smallest absolute Gasteiger partial charge is 0.206 e. The lowest BCUT2D eigenvalue weighted by Gasteiger charge is -2.29. The van der Waals surface area contributed by atoms with Crippen LogP contribution in [0.15, 0.2) is 0 Å². The SMILES string of the molecule is C=P(n1nc(C)c(C)c1C)(n1nc(C)c(C)c1C)n1nc(C)c(C)c1C. The van der Waals surface area contributed by atoms with Crippen LogP contribution in [0.5, 0.6) is 0 Å². The van der Waals surface area contributed by atoms with Crippen LogP contribution < -0.4 is 0 Å². The number of aryl methyl sites for hydroxylation is 3.